The highest BCUT2D eigenvalue weighted by atomic mass is 35.5. The molecule has 118 valence electrons. The van der Waals surface area contributed by atoms with Crippen LogP contribution in [0, 0.1) is 0 Å². The van der Waals surface area contributed by atoms with Gasteiger partial charge in [-0.2, -0.15) is 0 Å². The third-order valence-corrected chi connectivity index (χ3v) is 4.18. The van der Waals surface area contributed by atoms with E-state index in [-0.39, 0.29) is 17.4 Å². The van der Waals surface area contributed by atoms with Crippen LogP contribution in [-0.4, -0.2) is 11.8 Å². The molecule has 0 atom stereocenters. The predicted molar refractivity (Wildman–Crippen MR) is 90.6 cm³/mol. The molecule has 23 heavy (non-hydrogen) atoms. The Morgan fingerprint density at radius 1 is 1.09 bits per heavy atom. The summed E-state index contributed by atoms with van der Waals surface area (Å²) in [6.45, 7) is 1.45. The van der Waals surface area contributed by atoms with Crippen molar-refractivity contribution in [1.29, 1.82) is 0 Å². The number of hydrogen-bond donors (Lipinski definition) is 2. The fraction of sp³-hybridized carbons (Fsp3) is 0.222. The van der Waals surface area contributed by atoms with Crippen LogP contribution in [-0.2, 0) is 10.3 Å². The van der Waals surface area contributed by atoms with Crippen molar-refractivity contribution in [3.05, 3.63) is 64.7 Å². The van der Waals surface area contributed by atoms with Gasteiger partial charge in [-0.15, -0.1) is 0 Å². The van der Waals surface area contributed by atoms with Gasteiger partial charge in [0.2, 0.25) is 5.91 Å². The maximum Gasteiger partial charge on any atom is 0.251 e. The van der Waals surface area contributed by atoms with Crippen LogP contribution in [0.5, 0.6) is 0 Å². The van der Waals surface area contributed by atoms with Crippen LogP contribution in [0.1, 0.15) is 35.7 Å². The van der Waals surface area contributed by atoms with Gasteiger partial charge >= 0.3 is 0 Å². The van der Waals surface area contributed by atoms with Gasteiger partial charge in [-0.3, -0.25) is 9.59 Å². The molecule has 1 aliphatic rings. The number of carbonyl (C=O) groups is 2. The smallest absolute Gasteiger partial charge is 0.251 e. The highest BCUT2D eigenvalue weighted by molar-refractivity contribution is 6.30. The summed E-state index contributed by atoms with van der Waals surface area (Å²) in [6, 6.07) is 14.4. The Bertz CT molecular complexity index is 752. The zero-order chi connectivity index (χ0) is 16.4. The van der Waals surface area contributed by atoms with Crippen molar-refractivity contribution < 1.29 is 9.59 Å². The highest BCUT2D eigenvalue weighted by Gasteiger charge is 2.45. The Labute approximate surface area is 139 Å². The van der Waals surface area contributed by atoms with Gasteiger partial charge in [0.05, 0.1) is 5.54 Å². The Kier molecular flexibility index (Phi) is 4.09. The van der Waals surface area contributed by atoms with E-state index in [0.717, 1.165) is 18.4 Å². The second-order valence-electron chi connectivity index (χ2n) is 5.81. The standard InChI is InChI=1S/C18H17ClN2O2/c1-12(22)20-16-7-5-13(6-8-16)17(23)21-18(9-10-18)14-3-2-4-15(19)11-14/h2-8,11H,9-10H2,1H3,(H,20,22)(H,21,23). The van der Waals surface area contributed by atoms with Gasteiger partial charge in [-0.1, -0.05) is 23.7 Å². The summed E-state index contributed by atoms with van der Waals surface area (Å²) in [6.07, 6.45) is 1.81. The van der Waals surface area contributed by atoms with Crippen molar-refractivity contribution in [3.8, 4) is 0 Å². The molecule has 4 nitrogen and oxygen atoms in total. The quantitative estimate of drug-likeness (QED) is 0.898. The third-order valence-electron chi connectivity index (χ3n) is 3.95. The maximum atomic E-state index is 12.5. The van der Waals surface area contributed by atoms with Gasteiger partial charge < -0.3 is 10.6 Å². The molecular weight excluding hydrogens is 312 g/mol. The molecule has 0 unspecified atom stereocenters. The number of hydrogen-bond acceptors (Lipinski definition) is 2. The summed E-state index contributed by atoms with van der Waals surface area (Å²) in [5.74, 6) is -0.267. The molecule has 2 N–H and O–H groups in total. The Hall–Kier alpha value is -2.33. The minimum absolute atomic E-state index is 0.128. The maximum absolute atomic E-state index is 12.5. The first-order valence-electron chi connectivity index (χ1n) is 7.45. The Balaban J connectivity index is 1.73. The number of benzene rings is 2. The Morgan fingerprint density at radius 2 is 1.78 bits per heavy atom. The van der Waals surface area contributed by atoms with Crippen molar-refractivity contribution in [2.75, 3.05) is 5.32 Å². The molecule has 3 rings (SSSR count). The van der Waals surface area contributed by atoms with Crippen LogP contribution in [0.2, 0.25) is 5.02 Å². The van der Waals surface area contributed by atoms with Crippen LogP contribution in [0.25, 0.3) is 0 Å². The predicted octanol–water partition coefficient (Wildman–Crippen LogP) is 3.72. The van der Waals surface area contributed by atoms with Crippen molar-refractivity contribution >= 4 is 29.1 Å². The number of rotatable bonds is 4. The third kappa shape index (κ3) is 3.54. The number of halogens is 1. The van der Waals surface area contributed by atoms with E-state index in [0.29, 0.717) is 16.3 Å². The van der Waals surface area contributed by atoms with Gasteiger partial charge in [0.1, 0.15) is 0 Å². The van der Waals surface area contributed by atoms with E-state index < -0.39 is 0 Å². The normalized spacial score (nSPS) is 14.9. The lowest BCUT2D eigenvalue weighted by Crippen LogP contribution is -2.34. The molecule has 0 radical (unpaired) electrons. The second kappa shape index (κ2) is 6.05. The highest BCUT2D eigenvalue weighted by Crippen LogP contribution is 2.46. The molecule has 1 saturated carbocycles. The molecule has 0 aromatic heterocycles. The summed E-state index contributed by atoms with van der Waals surface area (Å²) in [5.41, 5.74) is 1.96. The first-order chi connectivity index (χ1) is 11.0. The SMILES string of the molecule is CC(=O)Nc1ccc(C(=O)NC2(c3cccc(Cl)c3)CC2)cc1. The van der Waals surface area contributed by atoms with Crippen LogP contribution in [0.15, 0.2) is 48.5 Å². The first kappa shape index (κ1) is 15.6. The number of amides is 2. The molecular formula is C18H17ClN2O2. The summed E-state index contributed by atoms with van der Waals surface area (Å²) in [5, 5.41) is 6.45. The van der Waals surface area contributed by atoms with Crippen molar-refractivity contribution in [2.24, 2.45) is 0 Å². The molecule has 0 bridgehead atoms. The van der Waals surface area contributed by atoms with Crippen LogP contribution < -0.4 is 10.6 Å². The van der Waals surface area contributed by atoms with E-state index in [1.807, 2.05) is 24.3 Å². The van der Waals surface area contributed by atoms with E-state index in [1.54, 1.807) is 24.3 Å². The fourth-order valence-electron chi connectivity index (χ4n) is 2.59. The lowest BCUT2D eigenvalue weighted by atomic mass is 10.0. The number of anilines is 1. The summed E-state index contributed by atoms with van der Waals surface area (Å²) in [4.78, 5) is 23.5. The van der Waals surface area contributed by atoms with E-state index in [2.05, 4.69) is 10.6 Å². The molecule has 1 fully saturated rings. The summed E-state index contributed by atoms with van der Waals surface area (Å²) >= 11 is 6.04. The van der Waals surface area contributed by atoms with Gasteiger partial charge in [-0.05, 0) is 54.8 Å². The van der Waals surface area contributed by atoms with E-state index in [1.165, 1.54) is 6.92 Å². The number of nitrogens with one attached hydrogen (secondary N) is 2. The molecule has 0 spiro atoms. The summed E-state index contributed by atoms with van der Waals surface area (Å²) in [7, 11) is 0. The second-order valence-corrected chi connectivity index (χ2v) is 6.24. The molecule has 0 aliphatic heterocycles. The number of carbonyl (C=O) groups excluding carboxylic acids is 2. The Morgan fingerprint density at radius 3 is 2.35 bits per heavy atom. The van der Waals surface area contributed by atoms with Gasteiger partial charge in [-0.25, -0.2) is 0 Å². The van der Waals surface area contributed by atoms with Crippen LogP contribution in [0.3, 0.4) is 0 Å². The molecule has 0 saturated heterocycles. The minimum atomic E-state index is -0.307. The topological polar surface area (TPSA) is 58.2 Å². The summed E-state index contributed by atoms with van der Waals surface area (Å²) < 4.78 is 0. The van der Waals surface area contributed by atoms with Crippen LogP contribution >= 0.6 is 11.6 Å². The largest absolute Gasteiger partial charge is 0.343 e. The monoisotopic (exact) mass is 328 g/mol. The van der Waals surface area contributed by atoms with Gasteiger partial charge in [0.25, 0.3) is 5.91 Å². The minimum Gasteiger partial charge on any atom is -0.343 e. The molecule has 0 heterocycles. The van der Waals surface area contributed by atoms with Crippen molar-refractivity contribution in [2.45, 2.75) is 25.3 Å². The van der Waals surface area contributed by atoms with E-state index in [9.17, 15) is 9.59 Å². The average molecular weight is 329 g/mol. The van der Waals surface area contributed by atoms with Gasteiger partial charge in [0, 0.05) is 23.2 Å². The zero-order valence-electron chi connectivity index (χ0n) is 12.7. The molecule has 2 aromatic carbocycles. The fourth-order valence-corrected chi connectivity index (χ4v) is 2.78. The molecule has 5 heteroatoms. The van der Waals surface area contributed by atoms with Crippen LogP contribution in [0.4, 0.5) is 5.69 Å². The lowest BCUT2D eigenvalue weighted by Gasteiger charge is -2.18. The molecule has 2 amide bonds. The first-order valence-corrected chi connectivity index (χ1v) is 7.83. The van der Waals surface area contributed by atoms with Crippen molar-refractivity contribution in [1.82, 2.24) is 5.32 Å². The lowest BCUT2D eigenvalue weighted by molar-refractivity contribution is -0.114. The van der Waals surface area contributed by atoms with E-state index in [4.69, 9.17) is 11.6 Å². The van der Waals surface area contributed by atoms with Gasteiger partial charge in [0.15, 0.2) is 0 Å². The molecule has 2 aromatic rings. The molecule has 1 aliphatic carbocycles. The zero-order valence-corrected chi connectivity index (χ0v) is 13.5. The van der Waals surface area contributed by atoms with Crippen molar-refractivity contribution in [3.63, 3.8) is 0 Å². The van der Waals surface area contributed by atoms with E-state index >= 15 is 0 Å². The average Bonchev–Trinajstić information content (AvgIpc) is 3.28.